The van der Waals surface area contributed by atoms with Crippen LogP contribution in [0.1, 0.15) is 20.8 Å². The number of carbonyl (C=O) groups excluding carboxylic acids is 1. The molecule has 3 nitrogen and oxygen atoms in total. The highest BCUT2D eigenvalue weighted by Gasteiger charge is 2.04. The highest BCUT2D eigenvalue weighted by molar-refractivity contribution is 5.87. The lowest BCUT2D eigenvalue weighted by molar-refractivity contribution is -0.125. The summed E-state index contributed by atoms with van der Waals surface area (Å²) in [7, 11) is 0. The summed E-state index contributed by atoms with van der Waals surface area (Å²) in [6.45, 7) is 6.89. The van der Waals surface area contributed by atoms with Gasteiger partial charge < -0.3 is 10.0 Å². The Morgan fingerprint density at radius 3 is 2.33 bits per heavy atom. The Kier molecular flexibility index (Phi) is 5.37. The highest BCUT2D eigenvalue weighted by Crippen LogP contribution is 1.91. The molecule has 0 aromatic rings. The predicted octanol–water partition coefficient (Wildman–Crippen LogP) is 0.792. The van der Waals surface area contributed by atoms with Gasteiger partial charge in [0.15, 0.2) is 0 Å². The molecule has 0 aliphatic carbocycles. The molecular weight excluding hydrogens is 154 g/mol. The second-order valence-corrected chi connectivity index (χ2v) is 2.61. The van der Waals surface area contributed by atoms with Gasteiger partial charge in [0.2, 0.25) is 5.91 Å². The molecule has 1 amide bonds. The molecule has 0 aliphatic rings. The van der Waals surface area contributed by atoms with E-state index in [0.717, 1.165) is 0 Å². The van der Waals surface area contributed by atoms with E-state index in [9.17, 15) is 4.79 Å². The van der Waals surface area contributed by atoms with E-state index in [1.807, 2.05) is 13.8 Å². The molecule has 0 bridgehead atoms. The SMILES string of the molecule is CCN(CC)C(=O)/C=C/C(C)O. The Morgan fingerprint density at radius 1 is 1.50 bits per heavy atom. The van der Waals surface area contributed by atoms with E-state index >= 15 is 0 Å². The van der Waals surface area contributed by atoms with Crippen molar-refractivity contribution in [2.45, 2.75) is 26.9 Å². The molecule has 0 heterocycles. The molecule has 1 atom stereocenters. The summed E-state index contributed by atoms with van der Waals surface area (Å²) in [5.41, 5.74) is 0. The molecule has 12 heavy (non-hydrogen) atoms. The van der Waals surface area contributed by atoms with Crippen LogP contribution >= 0.6 is 0 Å². The van der Waals surface area contributed by atoms with E-state index in [4.69, 9.17) is 5.11 Å². The topological polar surface area (TPSA) is 40.5 Å². The van der Waals surface area contributed by atoms with Gasteiger partial charge in [-0.05, 0) is 20.8 Å². The van der Waals surface area contributed by atoms with Gasteiger partial charge in [-0.25, -0.2) is 0 Å². The lowest BCUT2D eigenvalue weighted by Crippen LogP contribution is -2.28. The van der Waals surface area contributed by atoms with Gasteiger partial charge in [0.05, 0.1) is 6.10 Å². The first-order chi connectivity index (χ1) is 5.61. The summed E-state index contributed by atoms with van der Waals surface area (Å²) in [6.07, 6.45) is 2.35. The largest absolute Gasteiger partial charge is 0.389 e. The molecule has 0 aromatic carbocycles. The molecule has 0 spiro atoms. The lowest BCUT2D eigenvalue weighted by Gasteiger charge is -2.15. The van der Waals surface area contributed by atoms with Gasteiger partial charge in [0.1, 0.15) is 0 Å². The van der Waals surface area contributed by atoms with Crippen LogP contribution < -0.4 is 0 Å². The van der Waals surface area contributed by atoms with Crippen molar-refractivity contribution in [3.05, 3.63) is 12.2 Å². The number of aliphatic hydroxyl groups excluding tert-OH is 1. The number of hydrogen-bond acceptors (Lipinski definition) is 2. The standard InChI is InChI=1S/C9H17NO2/c1-4-10(5-2)9(12)7-6-8(3)11/h6-8,11H,4-5H2,1-3H3/b7-6+. The molecule has 1 unspecified atom stereocenters. The van der Waals surface area contributed by atoms with E-state index in [0.29, 0.717) is 13.1 Å². The van der Waals surface area contributed by atoms with Gasteiger partial charge in [-0.3, -0.25) is 4.79 Å². The minimum Gasteiger partial charge on any atom is -0.389 e. The molecule has 0 rings (SSSR count). The summed E-state index contributed by atoms with van der Waals surface area (Å²) >= 11 is 0. The van der Waals surface area contributed by atoms with Crippen molar-refractivity contribution in [1.29, 1.82) is 0 Å². The van der Waals surface area contributed by atoms with Gasteiger partial charge in [0, 0.05) is 19.2 Å². The molecule has 0 aliphatic heterocycles. The molecule has 0 saturated heterocycles. The lowest BCUT2D eigenvalue weighted by atomic mass is 10.3. The minimum atomic E-state index is -0.551. The summed E-state index contributed by atoms with van der Waals surface area (Å²) in [6, 6.07) is 0. The van der Waals surface area contributed by atoms with E-state index < -0.39 is 6.10 Å². The first kappa shape index (κ1) is 11.2. The fourth-order valence-electron chi connectivity index (χ4n) is 0.862. The summed E-state index contributed by atoms with van der Waals surface area (Å²) in [4.78, 5) is 12.9. The zero-order chi connectivity index (χ0) is 9.56. The number of carbonyl (C=O) groups is 1. The van der Waals surface area contributed by atoms with Crippen LogP contribution in [0.25, 0.3) is 0 Å². The van der Waals surface area contributed by atoms with Crippen LogP contribution in [0.5, 0.6) is 0 Å². The molecule has 0 fully saturated rings. The minimum absolute atomic E-state index is 0.0408. The fourth-order valence-corrected chi connectivity index (χ4v) is 0.862. The first-order valence-electron chi connectivity index (χ1n) is 4.27. The van der Waals surface area contributed by atoms with Crippen LogP contribution in [0.2, 0.25) is 0 Å². The van der Waals surface area contributed by atoms with Crippen LogP contribution in [-0.2, 0) is 4.79 Å². The van der Waals surface area contributed by atoms with Crippen molar-refractivity contribution in [2.75, 3.05) is 13.1 Å². The maximum Gasteiger partial charge on any atom is 0.246 e. The number of hydrogen-bond donors (Lipinski definition) is 1. The third-order valence-electron chi connectivity index (χ3n) is 1.59. The monoisotopic (exact) mass is 171 g/mol. The Morgan fingerprint density at radius 2 is 2.00 bits per heavy atom. The molecule has 0 radical (unpaired) electrons. The van der Waals surface area contributed by atoms with Gasteiger partial charge in [-0.2, -0.15) is 0 Å². The van der Waals surface area contributed by atoms with Crippen molar-refractivity contribution in [2.24, 2.45) is 0 Å². The zero-order valence-electron chi connectivity index (χ0n) is 7.95. The van der Waals surface area contributed by atoms with Gasteiger partial charge in [-0.1, -0.05) is 6.08 Å². The highest BCUT2D eigenvalue weighted by atomic mass is 16.3. The van der Waals surface area contributed by atoms with Gasteiger partial charge in [-0.15, -0.1) is 0 Å². The Hall–Kier alpha value is -0.830. The van der Waals surface area contributed by atoms with E-state index in [1.165, 1.54) is 12.2 Å². The van der Waals surface area contributed by atoms with Crippen LogP contribution in [0.15, 0.2) is 12.2 Å². The number of amides is 1. The molecule has 1 N–H and O–H groups in total. The van der Waals surface area contributed by atoms with E-state index in [-0.39, 0.29) is 5.91 Å². The van der Waals surface area contributed by atoms with Crippen LogP contribution in [0.4, 0.5) is 0 Å². The third kappa shape index (κ3) is 4.13. The maximum atomic E-state index is 11.2. The van der Waals surface area contributed by atoms with Crippen LogP contribution in [-0.4, -0.2) is 35.1 Å². The second kappa shape index (κ2) is 5.77. The fraction of sp³-hybridized carbons (Fsp3) is 0.667. The van der Waals surface area contributed by atoms with E-state index in [1.54, 1.807) is 11.8 Å². The van der Waals surface area contributed by atoms with Crippen molar-refractivity contribution < 1.29 is 9.90 Å². The van der Waals surface area contributed by atoms with Crippen molar-refractivity contribution >= 4 is 5.91 Å². The maximum absolute atomic E-state index is 11.2. The van der Waals surface area contributed by atoms with Crippen LogP contribution in [0, 0.1) is 0 Å². The summed E-state index contributed by atoms with van der Waals surface area (Å²) in [5, 5.41) is 8.87. The number of rotatable bonds is 4. The predicted molar refractivity (Wildman–Crippen MR) is 48.7 cm³/mol. The number of aliphatic hydroxyl groups is 1. The number of nitrogens with zero attached hydrogens (tertiary/aromatic N) is 1. The molecule has 3 heteroatoms. The van der Waals surface area contributed by atoms with Gasteiger partial charge >= 0.3 is 0 Å². The van der Waals surface area contributed by atoms with Crippen molar-refractivity contribution in [1.82, 2.24) is 4.90 Å². The smallest absolute Gasteiger partial charge is 0.246 e. The van der Waals surface area contributed by atoms with Crippen molar-refractivity contribution in [3.8, 4) is 0 Å². The molecular formula is C9H17NO2. The normalized spacial score (nSPS) is 13.3. The average Bonchev–Trinajstić information content (AvgIpc) is 2.03. The third-order valence-corrected chi connectivity index (χ3v) is 1.59. The van der Waals surface area contributed by atoms with Crippen LogP contribution in [0.3, 0.4) is 0 Å². The number of likely N-dealkylation sites (N-methyl/N-ethyl adjacent to an activating group) is 1. The van der Waals surface area contributed by atoms with Crippen molar-refractivity contribution in [3.63, 3.8) is 0 Å². The molecule has 0 aromatic heterocycles. The average molecular weight is 171 g/mol. The Bertz CT molecular complexity index is 160. The van der Waals surface area contributed by atoms with E-state index in [2.05, 4.69) is 0 Å². The quantitative estimate of drug-likeness (QED) is 0.635. The zero-order valence-corrected chi connectivity index (χ0v) is 7.95. The Labute approximate surface area is 73.7 Å². The molecule has 70 valence electrons. The second-order valence-electron chi connectivity index (χ2n) is 2.61. The summed E-state index contributed by atoms with van der Waals surface area (Å²) in [5.74, 6) is -0.0408. The first-order valence-corrected chi connectivity index (χ1v) is 4.27. The van der Waals surface area contributed by atoms with Gasteiger partial charge in [0.25, 0.3) is 0 Å². The Balaban J connectivity index is 4.01. The molecule has 0 saturated carbocycles. The summed E-state index contributed by atoms with van der Waals surface area (Å²) < 4.78 is 0.